The van der Waals surface area contributed by atoms with E-state index in [1.165, 1.54) is 85.1 Å². The highest BCUT2D eigenvalue weighted by Gasteiger charge is 2.22. The highest BCUT2D eigenvalue weighted by molar-refractivity contribution is 14.1. The van der Waals surface area contributed by atoms with Crippen molar-refractivity contribution in [2.75, 3.05) is 4.90 Å². The van der Waals surface area contributed by atoms with Crippen LogP contribution in [0.15, 0.2) is 127 Å². The van der Waals surface area contributed by atoms with E-state index in [9.17, 15) is 0 Å². The predicted octanol–water partition coefficient (Wildman–Crippen LogP) is 12.9. The molecule has 0 atom stereocenters. The van der Waals surface area contributed by atoms with E-state index in [1.807, 2.05) is 0 Å². The van der Waals surface area contributed by atoms with Gasteiger partial charge in [0.05, 0.1) is 11.4 Å². The second-order valence-electron chi connectivity index (χ2n) is 13.2. The van der Waals surface area contributed by atoms with Gasteiger partial charge in [-0.1, -0.05) is 112 Å². The maximum atomic E-state index is 2.48. The van der Waals surface area contributed by atoms with Crippen molar-refractivity contribution in [2.45, 2.75) is 26.2 Å². The molecule has 0 radical (unpaired) electrons. The Morgan fingerprint density at radius 1 is 0.455 bits per heavy atom. The lowest BCUT2D eigenvalue weighted by molar-refractivity contribution is 0.591. The lowest BCUT2D eigenvalue weighted by Gasteiger charge is -2.29. The fourth-order valence-corrected chi connectivity index (χ4v) is 7.70. The SMILES string of the molecule is CC(C)(C)c1cc2ccc3ccc(N(c4ccc(I)cc4)c4ccc5ccc6cccc7ccc4c5c67)c4ccc(c1)c2c34. The van der Waals surface area contributed by atoms with Crippen LogP contribution < -0.4 is 4.90 Å². The van der Waals surface area contributed by atoms with Gasteiger partial charge in [0, 0.05) is 20.0 Å². The topological polar surface area (TPSA) is 3.24 Å². The van der Waals surface area contributed by atoms with E-state index in [0.29, 0.717) is 0 Å². The summed E-state index contributed by atoms with van der Waals surface area (Å²) in [5.74, 6) is 0. The molecular formula is C42H30IN. The quantitative estimate of drug-likeness (QED) is 0.133. The minimum Gasteiger partial charge on any atom is -0.309 e. The van der Waals surface area contributed by atoms with Gasteiger partial charge in [-0.05, 0) is 124 Å². The summed E-state index contributed by atoms with van der Waals surface area (Å²) in [6, 6.07) is 48.0. The van der Waals surface area contributed by atoms with Crippen LogP contribution in [0.3, 0.4) is 0 Å². The molecule has 0 N–H and O–H groups in total. The van der Waals surface area contributed by atoms with Crippen molar-refractivity contribution in [2.24, 2.45) is 0 Å². The van der Waals surface area contributed by atoms with Gasteiger partial charge in [0.2, 0.25) is 0 Å². The van der Waals surface area contributed by atoms with Crippen molar-refractivity contribution in [3.05, 3.63) is 137 Å². The van der Waals surface area contributed by atoms with Crippen molar-refractivity contribution in [1.29, 1.82) is 0 Å². The Kier molecular flexibility index (Phi) is 5.50. The van der Waals surface area contributed by atoms with E-state index in [2.05, 4.69) is 176 Å². The fourth-order valence-electron chi connectivity index (χ4n) is 7.34. The normalized spacial score (nSPS) is 12.5. The van der Waals surface area contributed by atoms with E-state index >= 15 is 0 Å². The third-order valence-electron chi connectivity index (χ3n) is 9.51. The number of rotatable bonds is 3. The zero-order valence-electron chi connectivity index (χ0n) is 24.9. The number of benzene rings is 9. The molecule has 44 heavy (non-hydrogen) atoms. The highest BCUT2D eigenvalue weighted by Crippen LogP contribution is 2.48. The highest BCUT2D eigenvalue weighted by atomic mass is 127. The molecule has 0 amide bonds. The second-order valence-corrected chi connectivity index (χ2v) is 14.4. The standard InChI is InChI=1S/C42H30IN/c1-42(2,3)31-23-29-10-9-28-14-22-37(35-20-12-30(24-31)39(29)41(28)35)44(33-17-15-32(43)16-18-33)36-21-13-27-8-7-25-5-4-6-26-11-19-34(36)40(27)38(25)26/h4-24H,1-3H3. The fraction of sp³-hybridized carbons (Fsp3) is 0.0952. The van der Waals surface area contributed by atoms with E-state index in [-0.39, 0.29) is 5.41 Å². The van der Waals surface area contributed by atoms with Crippen LogP contribution in [0.5, 0.6) is 0 Å². The zero-order chi connectivity index (χ0) is 29.7. The third kappa shape index (κ3) is 3.77. The summed E-state index contributed by atoms with van der Waals surface area (Å²) in [5, 5.41) is 15.7. The smallest absolute Gasteiger partial charge is 0.0540 e. The number of hydrogen-bond donors (Lipinski definition) is 0. The van der Waals surface area contributed by atoms with Gasteiger partial charge in [-0.25, -0.2) is 0 Å². The molecule has 0 aromatic heterocycles. The minimum absolute atomic E-state index is 0.0895. The Morgan fingerprint density at radius 2 is 0.886 bits per heavy atom. The molecule has 0 saturated heterocycles. The summed E-state index contributed by atoms with van der Waals surface area (Å²) in [5.41, 5.74) is 5.01. The van der Waals surface area contributed by atoms with Crippen molar-refractivity contribution >= 4 is 104 Å². The monoisotopic (exact) mass is 675 g/mol. The molecule has 0 unspecified atom stereocenters. The maximum absolute atomic E-state index is 2.48. The molecule has 2 heteroatoms. The van der Waals surface area contributed by atoms with Crippen molar-refractivity contribution in [3.63, 3.8) is 0 Å². The third-order valence-corrected chi connectivity index (χ3v) is 10.2. The molecular weight excluding hydrogens is 645 g/mol. The minimum atomic E-state index is 0.0895. The Balaban J connectivity index is 1.38. The molecule has 0 aliphatic carbocycles. The number of anilines is 3. The van der Waals surface area contributed by atoms with E-state index in [4.69, 9.17) is 0 Å². The molecule has 0 heterocycles. The summed E-state index contributed by atoms with van der Waals surface area (Å²) in [7, 11) is 0. The van der Waals surface area contributed by atoms with Crippen LogP contribution in [0.4, 0.5) is 17.1 Å². The maximum Gasteiger partial charge on any atom is 0.0540 e. The van der Waals surface area contributed by atoms with Gasteiger partial charge in [-0.3, -0.25) is 0 Å². The Hall–Kier alpha value is -4.41. The zero-order valence-corrected chi connectivity index (χ0v) is 27.1. The first-order valence-corrected chi connectivity index (χ1v) is 16.4. The Bertz CT molecular complexity index is 2500. The summed E-state index contributed by atoms with van der Waals surface area (Å²) in [4.78, 5) is 2.48. The van der Waals surface area contributed by atoms with Gasteiger partial charge in [0.1, 0.15) is 0 Å². The Morgan fingerprint density at radius 3 is 1.43 bits per heavy atom. The first-order chi connectivity index (χ1) is 21.3. The van der Waals surface area contributed by atoms with Crippen LogP contribution in [0.25, 0.3) is 64.6 Å². The van der Waals surface area contributed by atoms with Gasteiger partial charge in [-0.2, -0.15) is 0 Å². The lowest BCUT2D eigenvalue weighted by Crippen LogP contribution is -2.12. The molecule has 0 aliphatic rings. The predicted molar refractivity (Wildman–Crippen MR) is 200 cm³/mol. The summed E-state index contributed by atoms with van der Waals surface area (Å²) in [6.45, 7) is 6.90. The first-order valence-electron chi connectivity index (χ1n) is 15.3. The number of hydrogen-bond acceptors (Lipinski definition) is 1. The van der Waals surface area contributed by atoms with Gasteiger partial charge >= 0.3 is 0 Å². The second kappa shape index (κ2) is 9.30. The average molecular weight is 676 g/mol. The van der Waals surface area contributed by atoms with Crippen LogP contribution in [0.2, 0.25) is 0 Å². The summed E-state index contributed by atoms with van der Waals surface area (Å²) < 4.78 is 1.23. The van der Waals surface area contributed by atoms with Gasteiger partial charge in [0.15, 0.2) is 0 Å². The van der Waals surface area contributed by atoms with Gasteiger partial charge in [-0.15, -0.1) is 0 Å². The molecule has 0 aliphatic heterocycles. The van der Waals surface area contributed by atoms with Crippen LogP contribution in [0.1, 0.15) is 26.3 Å². The van der Waals surface area contributed by atoms with Crippen LogP contribution in [-0.2, 0) is 5.41 Å². The van der Waals surface area contributed by atoms with Crippen LogP contribution in [-0.4, -0.2) is 0 Å². The van der Waals surface area contributed by atoms with Crippen molar-refractivity contribution < 1.29 is 0 Å². The molecule has 210 valence electrons. The van der Waals surface area contributed by atoms with Gasteiger partial charge < -0.3 is 4.90 Å². The molecule has 0 spiro atoms. The first kappa shape index (κ1) is 26.0. The molecule has 9 rings (SSSR count). The van der Waals surface area contributed by atoms with Gasteiger partial charge in [0.25, 0.3) is 0 Å². The lowest BCUT2D eigenvalue weighted by atomic mass is 9.83. The van der Waals surface area contributed by atoms with Crippen molar-refractivity contribution in [1.82, 2.24) is 0 Å². The molecule has 0 saturated carbocycles. The van der Waals surface area contributed by atoms with E-state index in [1.54, 1.807) is 0 Å². The average Bonchev–Trinajstić information content (AvgIpc) is 3.04. The largest absolute Gasteiger partial charge is 0.309 e. The Labute approximate surface area is 270 Å². The summed E-state index contributed by atoms with van der Waals surface area (Å²) in [6.07, 6.45) is 0. The number of nitrogens with zero attached hydrogens (tertiary/aromatic N) is 1. The molecule has 0 bridgehead atoms. The molecule has 9 aromatic rings. The van der Waals surface area contributed by atoms with Crippen LogP contribution >= 0.6 is 22.6 Å². The molecule has 9 aromatic carbocycles. The van der Waals surface area contributed by atoms with E-state index < -0.39 is 0 Å². The number of halogens is 1. The molecule has 1 nitrogen and oxygen atoms in total. The molecule has 0 fully saturated rings. The summed E-state index contributed by atoms with van der Waals surface area (Å²) >= 11 is 2.40. The van der Waals surface area contributed by atoms with Crippen LogP contribution in [0, 0.1) is 3.57 Å². The van der Waals surface area contributed by atoms with E-state index in [0.717, 1.165) is 5.69 Å². The van der Waals surface area contributed by atoms with Crippen molar-refractivity contribution in [3.8, 4) is 0 Å².